The summed E-state index contributed by atoms with van der Waals surface area (Å²) in [4.78, 5) is 16.1. The van der Waals surface area contributed by atoms with E-state index in [1.54, 1.807) is 18.2 Å². The van der Waals surface area contributed by atoms with Gasteiger partial charge in [0.25, 0.3) is 5.91 Å². The van der Waals surface area contributed by atoms with Crippen molar-refractivity contribution in [3.8, 4) is 11.3 Å². The number of nitrogens with zero attached hydrogens (tertiary/aromatic N) is 2. The molecule has 3 aromatic rings. The van der Waals surface area contributed by atoms with E-state index >= 15 is 0 Å². The highest BCUT2D eigenvalue weighted by molar-refractivity contribution is 5.93. The van der Waals surface area contributed by atoms with Gasteiger partial charge in [-0.05, 0) is 24.3 Å². The molecule has 0 aliphatic carbocycles. The van der Waals surface area contributed by atoms with Gasteiger partial charge in [0.05, 0.1) is 17.8 Å². The third kappa shape index (κ3) is 3.22. The van der Waals surface area contributed by atoms with Gasteiger partial charge >= 0.3 is 0 Å². The van der Waals surface area contributed by atoms with Gasteiger partial charge < -0.3 is 15.6 Å². The van der Waals surface area contributed by atoms with E-state index in [0.717, 1.165) is 6.07 Å². The second-order valence-corrected chi connectivity index (χ2v) is 4.91. The minimum atomic E-state index is -1.07. The summed E-state index contributed by atoms with van der Waals surface area (Å²) in [5, 5.41) is 6.16. The highest BCUT2D eigenvalue weighted by Gasteiger charge is 2.17. The minimum absolute atomic E-state index is 0.0424. The molecule has 3 rings (SSSR count). The van der Waals surface area contributed by atoms with Crippen LogP contribution >= 0.6 is 0 Å². The average molecular weight is 330 g/mol. The van der Waals surface area contributed by atoms with E-state index in [4.69, 9.17) is 10.3 Å². The molecule has 0 fully saturated rings. The van der Waals surface area contributed by atoms with Gasteiger partial charge in [-0.1, -0.05) is 17.3 Å². The average Bonchev–Trinajstić information content (AvgIpc) is 3.05. The maximum atomic E-state index is 13.7. The van der Waals surface area contributed by atoms with Crippen LogP contribution in [-0.2, 0) is 6.54 Å². The highest BCUT2D eigenvalue weighted by atomic mass is 19.2. The predicted octanol–water partition coefficient (Wildman–Crippen LogP) is 2.53. The molecule has 8 heteroatoms. The topological polar surface area (TPSA) is 94.0 Å². The Morgan fingerprint density at radius 1 is 1.21 bits per heavy atom. The van der Waals surface area contributed by atoms with E-state index in [2.05, 4.69) is 15.5 Å². The van der Waals surface area contributed by atoms with Gasteiger partial charge in [-0.15, -0.1) is 0 Å². The Morgan fingerprint density at radius 3 is 2.79 bits per heavy atom. The van der Waals surface area contributed by atoms with E-state index in [1.165, 1.54) is 18.2 Å². The van der Waals surface area contributed by atoms with Crippen LogP contribution in [0.15, 0.2) is 47.0 Å². The summed E-state index contributed by atoms with van der Waals surface area (Å²) in [6.45, 7) is 0.139. The zero-order chi connectivity index (χ0) is 17.1. The van der Waals surface area contributed by atoms with Crippen LogP contribution < -0.4 is 11.1 Å². The monoisotopic (exact) mass is 330 g/mol. The Labute approximate surface area is 135 Å². The first kappa shape index (κ1) is 15.6. The summed E-state index contributed by atoms with van der Waals surface area (Å²) in [5.41, 5.74) is 5.96. The number of hydrogen-bond acceptors (Lipinski definition) is 5. The van der Waals surface area contributed by atoms with Crippen LogP contribution in [0.1, 0.15) is 16.2 Å². The van der Waals surface area contributed by atoms with Crippen molar-refractivity contribution >= 4 is 11.7 Å². The van der Waals surface area contributed by atoms with E-state index in [0.29, 0.717) is 11.5 Å². The Kier molecular flexibility index (Phi) is 4.19. The number of carbonyl (C=O) groups is 1. The number of nitrogens with two attached hydrogens (primary N) is 1. The summed E-state index contributed by atoms with van der Waals surface area (Å²) in [6.07, 6.45) is 0. The molecule has 0 spiro atoms. The maximum absolute atomic E-state index is 13.7. The number of halogens is 2. The number of hydrogen-bond donors (Lipinski definition) is 2. The molecule has 1 aromatic carbocycles. The lowest BCUT2D eigenvalue weighted by molar-refractivity contribution is 0.0941. The molecule has 0 saturated carbocycles. The second-order valence-electron chi connectivity index (χ2n) is 4.91. The molecule has 0 aliphatic heterocycles. The molecule has 0 aliphatic rings. The van der Waals surface area contributed by atoms with E-state index in [-0.39, 0.29) is 23.6 Å². The molecule has 0 saturated heterocycles. The van der Waals surface area contributed by atoms with Gasteiger partial charge in [0.2, 0.25) is 0 Å². The number of nitrogens with one attached hydrogen (secondary N) is 1. The predicted molar refractivity (Wildman–Crippen MR) is 81.7 cm³/mol. The molecule has 1 amide bonds. The van der Waals surface area contributed by atoms with E-state index in [9.17, 15) is 13.6 Å². The van der Waals surface area contributed by atoms with Crippen molar-refractivity contribution < 1.29 is 18.1 Å². The molecule has 122 valence electrons. The van der Waals surface area contributed by atoms with Gasteiger partial charge in [0, 0.05) is 6.07 Å². The van der Waals surface area contributed by atoms with Crippen LogP contribution in [0.3, 0.4) is 0 Å². The van der Waals surface area contributed by atoms with Crippen molar-refractivity contribution in [3.05, 3.63) is 65.5 Å². The van der Waals surface area contributed by atoms with E-state index in [1.807, 2.05) is 0 Å². The first-order valence-electron chi connectivity index (χ1n) is 6.95. The smallest absolute Gasteiger partial charge is 0.273 e. The number of carbonyl (C=O) groups excluding carboxylic acids is 1. The molecular formula is C16H12F2N4O2. The van der Waals surface area contributed by atoms with Crippen LogP contribution in [-0.4, -0.2) is 16.0 Å². The summed E-state index contributed by atoms with van der Waals surface area (Å²) in [6, 6.07) is 9.93. The van der Waals surface area contributed by atoms with Crippen LogP contribution in [0.25, 0.3) is 11.3 Å². The second kappa shape index (κ2) is 6.45. The molecule has 6 nitrogen and oxygen atoms in total. The standard InChI is InChI=1S/C16H12F2N4O2/c17-11-5-2-4-10(15(11)18)13-7-12(22-24-13)16(23)20-8-9-3-1-6-14(19)21-9/h1-7H,8H2,(H2,19,21)(H,20,23). The first-order chi connectivity index (χ1) is 11.5. The molecule has 0 radical (unpaired) electrons. The van der Waals surface area contributed by atoms with E-state index < -0.39 is 17.5 Å². The van der Waals surface area contributed by atoms with Crippen molar-refractivity contribution in [2.24, 2.45) is 0 Å². The SMILES string of the molecule is Nc1cccc(CNC(=O)c2cc(-c3cccc(F)c3F)on2)n1. The summed E-state index contributed by atoms with van der Waals surface area (Å²) < 4.78 is 31.9. The lowest BCUT2D eigenvalue weighted by atomic mass is 10.1. The molecule has 24 heavy (non-hydrogen) atoms. The fraction of sp³-hybridized carbons (Fsp3) is 0.0625. The van der Waals surface area contributed by atoms with Crippen LogP contribution in [0.5, 0.6) is 0 Å². The van der Waals surface area contributed by atoms with Gasteiger partial charge in [0.15, 0.2) is 23.1 Å². The Morgan fingerprint density at radius 2 is 2.00 bits per heavy atom. The molecule has 0 bridgehead atoms. The molecule has 2 heterocycles. The summed E-state index contributed by atoms with van der Waals surface area (Å²) in [7, 11) is 0. The van der Waals surface area contributed by atoms with Crippen molar-refractivity contribution in [1.29, 1.82) is 0 Å². The van der Waals surface area contributed by atoms with Gasteiger partial charge in [-0.2, -0.15) is 0 Å². The fourth-order valence-corrected chi connectivity index (χ4v) is 2.06. The number of nitrogen functional groups attached to an aromatic ring is 1. The molecular weight excluding hydrogens is 318 g/mol. The number of amides is 1. The normalized spacial score (nSPS) is 10.6. The van der Waals surface area contributed by atoms with Crippen LogP contribution in [0.2, 0.25) is 0 Å². The Bertz CT molecular complexity index is 895. The number of anilines is 1. The van der Waals surface area contributed by atoms with Crippen LogP contribution in [0.4, 0.5) is 14.6 Å². The third-order valence-corrected chi connectivity index (χ3v) is 3.22. The van der Waals surface area contributed by atoms with Crippen molar-refractivity contribution in [2.45, 2.75) is 6.54 Å². The number of aromatic nitrogens is 2. The molecule has 2 aromatic heterocycles. The lowest BCUT2D eigenvalue weighted by Gasteiger charge is -2.02. The van der Waals surface area contributed by atoms with Gasteiger partial charge in [-0.25, -0.2) is 13.8 Å². The highest BCUT2D eigenvalue weighted by Crippen LogP contribution is 2.25. The number of benzene rings is 1. The van der Waals surface area contributed by atoms with Gasteiger partial charge in [-0.3, -0.25) is 4.79 Å². The molecule has 0 atom stereocenters. The molecule has 3 N–H and O–H groups in total. The van der Waals surface area contributed by atoms with Gasteiger partial charge in [0.1, 0.15) is 5.82 Å². The Balaban J connectivity index is 1.73. The lowest BCUT2D eigenvalue weighted by Crippen LogP contribution is -2.23. The number of rotatable bonds is 4. The number of pyridine rings is 1. The third-order valence-electron chi connectivity index (χ3n) is 3.22. The summed E-state index contributed by atoms with van der Waals surface area (Å²) in [5.74, 6) is -2.32. The first-order valence-corrected chi connectivity index (χ1v) is 6.95. The van der Waals surface area contributed by atoms with Crippen LogP contribution in [0, 0.1) is 11.6 Å². The fourth-order valence-electron chi connectivity index (χ4n) is 2.06. The zero-order valence-electron chi connectivity index (χ0n) is 12.3. The largest absolute Gasteiger partial charge is 0.384 e. The molecule has 0 unspecified atom stereocenters. The quantitative estimate of drug-likeness (QED) is 0.766. The maximum Gasteiger partial charge on any atom is 0.273 e. The Hall–Kier alpha value is -3.29. The zero-order valence-corrected chi connectivity index (χ0v) is 12.3. The van der Waals surface area contributed by atoms with Crippen molar-refractivity contribution in [3.63, 3.8) is 0 Å². The summed E-state index contributed by atoms with van der Waals surface area (Å²) >= 11 is 0. The minimum Gasteiger partial charge on any atom is -0.384 e. The van der Waals surface area contributed by atoms with Crippen molar-refractivity contribution in [1.82, 2.24) is 15.5 Å². The van der Waals surface area contributed by atoms with Crippen molar-refractivity contribution in [2.75, 3.05) is 5.73 Å².